The zero-order valence-corrected chi connectivity index (χ0v) is 12.3. The number of hydrogen-bond acceptors (Lipinski definition) is 3. The third-order valence-corrected chi connectivity index (χ3v) is 3.85. The molecule has 0 radical (unpaired) electrons. The van der Waals surface area contributed by atoms with Gasteiger partial charge in [-0.15, -0.1) is 0 Å². The lowest BCUT2D eigenvalue weighted by Gasteiger charge is -2.28. The minimum atomic E-state index is -0.354. The largest absolute Gasteiger partial charge is 0.369 e. The number of aliphatic imine (C=N–C) groups is 1. The minimum absolute atomic E-state index is 0.140. The highest BCUT2D eigenvalue weighted by molar-refractivity contribution is 6.30. The molecule has 0 aromatic heterocycles. The van der Waals surface area contributed by atoms with E-state index < -0.39 is 0 Å². The van der Waals surface area contributed by atoms with Crippen molar-refractivity contribution in [2.75, 3.05) is 11.4 Å². The third kappa shape index (κ3) is 2.59. The summed E-state index contributed by atoms with van der Waals surface area (Å²) in [6, 6.07) is 12.3. The molecule has 1 unspecified atom stereocenters. The van der Waals surface area contributed by atoms with Crippen LogP contribution in [0.15, 0.2) is 47.5 Å². The van der Waals surface area contributed by atoms with E-state index in [2.05, 4.69) is 4.99 Å². The molecule has 2 aromatic rings. The van der Waals surface area contributed by atoms with Crippen molar-refractivity contribution in [1.82, 2.24) is 0 Å². The van der Waals surface area contributed by atoms with E-state index in [0.717, 1.165) is 16.8 Å². The Morgan fingerprint density at radius 3 is 2.76 bits per heavy atom. The Bertz CT molecular complexity index is 694. The molecule has 0 bridgehead atoms. The predicted octanol–water partition coefficient (Wildman–Crippen LogP) is 3.66. The SMILES string of the molecule is Cc1ccccc1N1C(N)=NCC1c1cc(F)cc(Cl)c1. The Kier molecular flexibility index (Phi) is 3.55. The van der Waals surface area contributed by atoms with Gasteiger partial charge in [-0.2, -0.15) is 0 Å². The van der Waals surface area contributed by atoms with E-state index in [9.17, 15) is 4.39 Å². The second kappa shape index (κ2) is 5.37. The Hall–Kier alpha value is -2.07. The molecule has 2 N–H and O–H groups in total. The molecule has 1 aliphatic rings. The molecule has 21 heavy (non-hydrogen) atoms. The number of nitrogens with zero attached hydrogens (tertiary/aromatic N) is 2. The molecule has 0 spiro atoms. The Balaban J connectivity index is 2.05. The van der Waals surface area contributed by atoms with Crippen molar-refractivity contribution >= 4 is 23.2 Å². The summed E-state index contributed by atoms with van der Waals surface area (Å²) in [5.41, 5.74) is 8.87. The highest BCUT2D eigenvalue weighted by Crippen LogP contribution is 2.34. The fourth-order valence-corrected chi connectivity index (χ4v) is 2.87. The Morgan fingerprint density at radius 2 is 2.05 bits per heavy atom. The summed E-state index contributed by atoms with van der Waals surface area (Å²) in [4.78, 5) is 6.24. The maximum Gasteiger partial charge on any atom is 0.196 e. The monoisotopic (exact) mass is 303 g/mol. The summed E-state index contributed by atoms with van der Waals surface area (Å²) in [5, 5.41) is 0.375. The van der Waals surface area contributed by atoms with E-state index in [4.69, 9.17) is 17.3 Å². The zero-order valence-electron chi connectivity index (χ0n) is 11.6. The number of hydrogen-bond donors (Lipinski definition) is 1. The summed E-state index contributed by atoms with van der Waals surface area (Å²) >= 11 is 5.96. The molecule has 0 amide bonds. The summed E-state index contributed by atoms with van der Waals surface area (Å²) in [6.07, 6.45) is 0. The molecule has 3 nitrogen and oxygen atoms in total. The number of nitrogens with two attached hydrogens (primary N) is 1. The molecule has 1 heterocycles. The molecule has 2 aromatic carbocycles. The summed E-state index contributed by atoms with van der Waals surface area (Å²) in [5.74, 6) is 0.0855. The molecule has 1 aliphatic heterocycles. The van der Waals surface area contributed by atoms with Gasteiger partial charge in [0.05, 0.1) is 12.6 Å². The molecule has 0 saturated heterocycles. The molecule has 0 aliphatic carbocycles. The number of guanidine groups is 1. The van der Waals surface area contributed by atoms with Crippen LogP contribution in [0.2, 0.25) is 5.02 Å². The summed E-state index contributed by atoms with van der Waals surface area (Å²) < 4.78 is 13.6. The Labute approximate surface area is 127 Å². The van der Waals surface area contributed by atoms with Crippen molar-refractivity contribution in [3.8, 4) is 0 Å². The number of benzene rings is 2. The van der Waals surface area contributed by atoms with Gasteiger partial charge in [-0.1, -0.05) is 29.8 Å². The quantitative estimate of drug-likeness (QED) is 0.920. The van der Waals surface area contributed by atoms with Crippen molar-refractivity contribution < 1.29 is 4.39 Å². The van der Waals surface area contributed by atoms with Crippen molar-refractivity contribution in [3.63, 3.8) is 0 Å². The first-order valence-corrected chi connectivity index (χ1v) is 7.05. The van der Waals surface area contributed by atoms with E-state index >= 15 is 0 Å². The van der Waals surface area contributed by atoms with Crippen LogP contribution in [0, 0.1) is 12.7 Å². The lowest BCUT2D eigenvalue weighted by Crippen LogP contribution is -2.36. The normalized spacial score (nSPS) is 18.0. The number of para-hydroxylation sites is 1. The van der Waals surface area contributed by atoms with Gasteiger partial charge in [-0.3, -0.25) is 4.99 Å². The number of aryl methyl sites for hydroxylation is 1. The van der Waals surface area contributed by atoms with Gasteiger partial charge >= 0.3 is 0 Å². The van der Waals surface area contributed by atoms with Crippen LogP contribution >= 0.6 is 11.6 Å². The smallest absolute Gasteiger partial charge is 0.196 e. The third-order valence-electron chi connectivity index (χ3n) is 3.63. The van der Waals surface area contributed by atoms with E-state index in [1.54, 1.807) is 6.07 Å². The summed E-state index contributed by atoms with van der Waals surface area (Å²) in [7, 11) is 0. The Morgan fingerprint density at radius 1 is 1.29 bits per heavy atom. The van der Waals surface area contributed by atoms with Gasteiger partial charge in [0.25, 0.3) is 0 Å². The average molecular weight is 304 g/mol. The van der Waals surface area contributed by atoms with Crippen LogP contribution in [0.25, 0.3) is 0 Å². The van der Waals surface area contributed by atoms with Gasteiger partial charge in [-0.05, 0) is 42.3 Å². The van der Waals surface area contributed by atoms with Crippen LogP contribution in [0.4, 0.5) is 10.1 Å². The lowest BCUT2D eigenvalue weighted by atomic mass is 10.0. The molecule has 5 heteroatoms. The number of rotatable bonds is 2. The maximum atomic E-state index is 13.6. The van der Waals surface area contributed by atoms with Crippen LogP contribution in [0.1, 0.15) is 17.2 Å². The maximum absolute atomic E-state index is 13.6. The highest BCUT2D eigenvalue weighted by Gasteiger charge is 2.30. The zero-order chi connectivity index (χ0) is 15.0. The first-order chi connectivity index (χ1) is 10.1. The van der Waals surface area contributed by atoms with Crippen LogP contribution in [0.3, 0.4) is 0 Å². The van der Waals surface area contributed by atoms with Gasteiger partial charge < -0.3 is 10.6 Å². The fraction of sp³-hybridized carbons (Fsp3) is 0.188. The van der Waals surface area contributed by atoms with Gasteiger partial charge in [0.2, 0.25) is 0 Å². The van der Waals surface area contributed by atoms with Crippen LogP contribution in [-0.2, 0) is 0 Å². The van der Waals surface area contributed by atoms with Crippen LogP contribution in [-0.4, -0.2) is 12.5 Å². The topological polar surface area (TPSA) is 41.6 Å². The van der Waals surface area contributed by atoms with E-state index in [0.29, 0.717) is 17.5 Å². The van der Waals surface area contributed by atoms with Gasteiger partial charge in [0.15, 0.2) is 5.96 Å². The average Bonchev–Trinajstić information content (AvgIpc) is 2.80. The number of halogens is 2. The van der Waals surface area contributed by atoms with Gasteiger partial charge in [0, 0.05) is 10.7 Å². The van der Waals surface area contributed by atoms with Gasteiger partial charge in [-0.25, -0.2) is 4.39 Å². The standard InChI is InChI=1S/C16H15ClFN3/c1-10-4-2-3-5-14(10)21-15(9-20-16(21)19)11-6-12(17)8-13(18)7-11/h2-8,15H,9H2,1H3,(H2,19,20). The van der Waals surface area contributed by atoms with E-state index in [1.165, 1.54) is 12.1 Å². The molecule has 0 saturated carbocycles. The molecule has 3 rings (SSSR count). The molecular weight excluding hydrogens is 289 g/mol. The molecule has 1 atom stereocenters. The summed E-state index contributed by atoms with van der Waals surface area (Å²) in [6.45, 7) is 2.50. The van der Waals surface area contributed by atoms with Crippen molar-refractivity contribution in [2.24, 2.45) is 10.7 Å². The first-order valence-electron chi connectivity index (χ1n) is 6.67. The van der Waals surface area contributed by atoms with Crippen molar-refractivity contribution in [3.05, 3.63) is 64.4 Å². The fourth-order valence-electron chi connectivity index (χ4n) is 2.64. The van der Waals surface area contributed by atoms with Crippen LogP contribution < -0.4 is 10.6 Å². The van der Waals surface area contributed by atoms with Crippen molar-refractivity contribution in [1.29, 1.82) is 0 Å². The van der Waals surface area contributed by atoms with E-state index in [1.807, 2.05) is 36.1 Å². The lowest BCUT2D eigenvalue weighted by molar-refractivity contribution is 0.621. The molecule has 0 fully saturated rings. The second-order valence-corrected chi connectivity index (χ2v) is 5.51. The molecule has 108 valence electrons. The second-order valence-electron chi connectivity index (χ2n) is 5.07. The van der Waals surface area contributed by atoms with Crippen molar-refractivity contribution in [2.45, 2.75) is 13.0 Å². The first kappa shape index (κ1) is 13.9. The minimum Gasteiger partial charge on any atom is -0.369 e. The predicted molar refractivity (Wildman–Crippen MR) is 84.3 cm³/mol. The highest BCUT2D eigenvalue weighted by atomic mass is 35.5. The molecular formula is C16H15ClFN3. The van der Waals surface area contributed by atoms with Gasteiger partial charge in [0.1, 0.15) is 5.82 Å². The van der Waals surface area contributed by atoms with E-state index in [-0.39, 0.29) is 11.9 Å². The van der Waals surface area contributed by atoms with Crippen LogP contribution in [0.5, 0.6) is 0 Å². The number of anilines is 1.